The number of nitrogens with one attached hydrogen (secondary N) is 2. The minimum atomic E-state index is -1.38. The molecule has 3 aromatic carbocycles. The Bertz CT molecular complexity index is 1370. The largest absolute Gasteiger partial charge is 0.396 e. The Kier molecular flexibility index (Phi) is 7.10. The van der Waals surface area contributed by atoms with Crippen molar-refractivity contribution in [1.29, 1.82) is 0 Å². The third kappa shape index (κ3) is 5.15. The van der Waals surface area contributed by atoms with E-state index in [0.29, 0.717) is 21.7 Å². The summed E-state index contributed by atoms with van der Waals surface area (Å²) in [4.78, 5) is 25.6. The number of halogens is 7. The van der Waals surface area contributed by atoms with Crippen LogP contribution in [0.2, 0.25) is 15.1 Å². The normalized spacial score (nSPS) is 18.1. The second-order valence-electron chi connectivity index (χ2n) is 7.79. The van der Waals surface area contributed by atoms with Gasteiger partial charge in [-0.15, -0.1) is 23.2 Å². The molecule has 4 rings (SSSR count). The molecule has 1 saturated carbocycles. The van der Waals surface area contributed by atoms with Crippen LogP contribution >= 0.6 is 58.0 Å². The molecule has 2 amide bonds. The Morgan fingerprint density at radius 1 is 0.857 bits per heavy atom. The van der Waals surface area contributed by atoms with Gasteiger partial charge in [-0.1, -0.05) is 40.9 Å². The van der Waals surface area contributed by atoms with Gasteiger partial charge in [0, 0.05) is 17.7 Å². The van der Waals surface area contributed by atoms with Crippen LogP contribution in [-0.4, -0.2) is 16.1 Å². The maximum atomic E-state index is 14.0. The van der Waals surface area contributed by atoms with E-state index in [4.69, 9.17) is 63.7 Å². The Morgan fingerprint density at radius 3 is 2.23 bits per heavy atom. The lowest BCUT2D eigenvalue weighted by molar-refractivity contribution is -0.117. The van der Waals surface area contributed by atoms with Gasteiger partial charge in [0.1, 0.15) is 16.0 Å². The highest BCUT2D eigenvalue weighted by atomic mass is 35.5. The van der Waals surface area contributed by atoms with Crippen molar-refractivity contribution in [2.75, 3.05) is 16.4 Å². The van der Waals surface area contributed by atoms with Gasteiger partial charge in [0.05, 0.1) is 37.9 Å². The second-order valence-corrected chi connectivity index (χ2v) is 10.5. The smallest absolute Gasteiger partial charge is 0.257 e. The standard InChI is InChI=1S/C23H14Cl5F2N3O2/c24-12-4-2-10(6-11(12)21(34)33-18-8-17(31)15(29)7-16(18)30)32-22(35)20-19(23(20,27)28)9-1-3-13(25)14(26)5-9/h1-8,19-20H,31H2,(H,32,35)(H,33,34)/t19-,20?/m0/s1. The van der Waals surface area contributed by atoms with Crippen LogP contribution in [0, 0.1) is 17.6 Å². The van der Waals surface area contributed by atoms with Crippen molar-refractivity contribution >= 4 is 86.9 Å². The summed E-state index contributed by atoms with van der Waals surface area (Å²) in [5, 5.41) is 5.60. The minimum absolute atomic E-state index is 0.0279. The Hall–Kier alpha value is -2.29. The zero-order valence-electron chi connectivity index (χ0n) is 17.3. The SMILES string of the molecule is Nc1cc(NC(=O)c2cc(NC(=O)C3[C@H](c4ccc(Cl)c(Cl)c4)C3(Cl)Cl)ccc2Cl)c(F)cc1F. The van der Waals surface area contributed by atoms with E-state index in [-0.39, 0.29) is 27.6 Å². The predicted molar refractivity (Wildman–Crippen MR) is 136 cm³/mol. The highest BCUT2D eigenvalue weighted by Crippen LogP contribution is 2.65. The van der Waals surface area contributed by atoms with Gasteiger partial charge in [0.15, 0.2) is 0 Å². The van der Waals surface area contributed by atoms with Crippen LogP contribution in [0.5, 0.6) is 0 Å². The van der Waals surface area contributed by atoms with Crippen molar-refractivity contribution < 1.29 is 18.4 Å². The van der Waals surface area contributed by atoms with E-state index in [1.165, 1.54) is 18.2 Å². The molecular weight excluding hydrogens is 566 g/mol. The maximum Gasteiger partial charge on any atom is 0.257 e. The van der Waals surface area contributed by atoms with Gasteiger partial charge in [0.2, 0.25) is 5.91 Å². The summed E-state index contributed by atoms with van der Waals surface area (Å²) in [5.74, 6) is -4.64. The van der Waals surface area contributed by atoms with Gasteiger partial charge in [-0.2, -0.15) is 0 Å². The molecule has 4 N–H and O–H groups in total. The van der Waals surface area contributed by atoms with Gasteiger partial charge in [0.25, 0.3) is 5.91 Å². The first-order valence-corrected chi connectivity index (χ1v) is 11.8. The number of benzene rings is 3. The van der Waals surface area contributed by atoms with Crippen molar-refractivity contribution in [3.05, 3.63) is 86.4 Å². The van der Waals surface area contributed by atoms with Crippen molar-refractivity contribution in [2.45, 2.75) is 10.3 Å². The quantitative estimate of drug-likeness (QED) is 0.219. The number of nitrogens with two attached hydrogens (primary N) is 1. The number of hydrogen-bond donors (Lipinski definition) is 3. The monoisotopic (exact) mass is 577 g/mol. The zero-order valence-corrected chi connectivity index (χ0v) is 21.1. The number of nitrogen functional groups attached to an aromatic ring is 1. The average molecular weight is 580 g/mol. The van der Waals surface area contributed by atoms with E-state index in [0.717, 1.165) is 6.07 Å². The second kappa shape index (κ2) is 9.64. The van der Waals surface area contributed by atoms with E-state index in [9.17, 15) is 18.4 Å². The van der Waals surface area contributed by atoms with E-state index in [1.54, 1.807) is 18.2 Å². The number of carbonyl (C=O) groups is 2. The van der Waals surface area contributed by atoms with Crippen LogP contribution in [0.4, 0.5) is 25.8 Å². The fourth-order valence-corrected chi connectivity index (χ4v) is 4.96. The van der Waals surface area contributed by atoms with Crippen molar-refractivity contribution in [3.63, 3.8) is 0 Å². The summed E-state index contributed by atoms with van der Waals surface area (Å²) in [6, 6.07) is 10.5. The number of hydrogen-bond acceptors (Lipinski definition) is 3. The fourth-order valence-electron chi connectivity index (χ4n) is 3.62. The molecule has 2 atom stereocenters. The first-order valence-electron chi connectivity index (χ1n) is 9.89. The third-order valence-electron chi connectivity index (χ3n) is 5.45. The van der Waals surface area contributed by atoms with Crippen LogP contribution < -0.4 is 16.4 Å². The fraction of sp³-hybridized carbons (Fsp3) is 0.130. The van der Waals surface area contributed by atoms with Crippen LogP contribution in [0.25, 0.3) is 0 Å². The summed E-state index contributed by atoms with van der Waals surface area (Å²) in [6.45, 7) is 0. The van der Waals surface area contributed by atoms with Gasteiger partial charge in [-0.25, -0.2) is 8.78 Å². The lowest BCUT2D eigenvalue weighted by atomic mass is 10.1. The number of alkyl halides is 2. The summed E-state index contributed by atoms with van der Waals surface area (Å²) >= 11 is 30.9. The highest BCUT2D eigenvalue weighted by Gasteiger charge is 2.67. The Labute approximate surface area is 223 Å². The first-order chi connectivity index (χ1) is 16.4. The molecule has 0 saturated heterocycles. The van der Waals surface area contributed by atoms with Crippen LogP contribution in [0.15, 0.2) is 48.5 Å². The van der Waals surface area contributed by atoms with Crippen LogP contribution in [0.3, 0.4) is 0 Å². The molecule has 0 radical (unpaired) electrons. The highest BCUT2D eigenvalue weighted by molar-refractivity contribution is 6.53. The van der Waals surface area contributed by atoms with Gasteiger partial charge in [-0.3, -0.25) is 9.59 Å². The molecule has 1 unspecified atom stereocenters. The third-order valence-corrected chi connectivity index (χ3v) is 7.46. The number of anilines is 3. The molecule has 0 heterocycles. The van der Waals surface area contributed by atoms with E-state index in [1.807, 2.05) is 0 Å². The minimum Gasteiger partial charge on any atom is -0.396 e. The van der Waals surface area contributed by atoms with E-state index in [2.05, 4.69) is 10.6 Å². The zero-order chi connectivity index (χ0) is 25.7. The lowest BCUT2D eigenvalue weighted by Gasteiger charge is -2.11. The Morgan fingerprint density at radius 2 is 1.54 bits per heavy atom. The molecule has 1 aliphatic rings. The van der Waals surface area contributed by atoms with Gasteiger partial charge >= 0.3 is 0 Å². The van der Waals surface area contributed by atoms with Gasteiger partial charge in [-0.05, 0) is 42.0 Å². The average Bonchev–Trinajstić information content (AvgIpc) is 3.37. The summed E-state index contributed by atoms with van der Waals surface area (Å²) < 4.78 is 26.0. The molecule has 3 aromatic rings. The van der Waals surface area contributed by atoms with Crippen LogP contribution in [-0.2, 0) is 4.79 Å². The number of amides is 2. The van der Waals surface area contributed by atoms with Gasteiger partial charge < -0.3 is 16.4 Å². The van der Waals surface area contributed by atoms with Crippen molar-refractivity contribution in [1.82, 2.24) is 0 Å². The maximum absolute atomic E-state index is 14.0. The van der Waals surface area contributed by atoms with Crippen molar-refractivity contribution in [3.8, 4) is 0 Å². The first kappa shape index (κ1) is 25.8. The molecule has 1 fully saturated rings. The molecule has 0 aromatic heterocycles. The number of rotatable bonds is 5. The molecule has 0 spiro atoms. The molecule has 182 valence electrons. The molecule has 0 aliphatic heterocycles. The topological polar surface area (TPSA) is 84.2 Å². The molecule has 12 heteroatoms. The number of carbonyl (C=O) groups excluding carboxylic acids is 2. The molecule has 5 nitrogen and oxygen atoms in total. The Balaban J connectivity index is 1.52. The summed E-state index contributed by atoms with van der Waals surface area (Å²) in [6.07, 6.45) is 0. The molecule has 1 aliphatic carbocycles. The van der Waals surface area contributed by atoms with E-state index < -0.39 is 39.6 Å². The predicted octanol–water partition coefficient (Wildman–Crippen LogP) is 7.29. The molecular formula is C23H14Cl5F2N3O2. The van der Waals surface area contributed by atoms with Crippen molar-refractivity contribution in [2.24, 2.45) is 5.92 Å². The van der Waals surface area contributed by atoms with E-state index >= 15 is 0 Å². The summed E-state index contributed by atoms with van der Waals surface area (Å²) in [5.41, 5.74) is 5.53. The summed E-state index contributed by atoms with van der Waals surface area (Å²) in [7, 11) is 0. The van der Waals surface area contributed by atoms with Crippen LogP contribution in [0.1, 0.15) is 21.8 Å². The molecule has 0 bridgehead atoms. The lowest BCUT2D eigenvalue weighted by Crippen LogP contribution is -2.18. The molecule has 35 heavy (non-hydrogen) atoms.